The van der Waals surface area contributed by atoms with E-state index in [1.165, 1.54) is 19.2 Å². The maximum Gasteiger partial charge on any atom is 0.252 e. The topological polar surface area (TPSA) is 103 Å². The smallest absolute Gasteiger partial charge is 0.252 e. The molecule has 2 heterocycles. The van der Waals surface area contributed by atoms with Crippen LogP contribution in [0.1, 0.15) is 28.9 Å². The van der Waals surface area contributed by atoms with E-state index in [-0.39, 0.29) is 0 Å². The maximum absolute atomic E-state index is 11.8. The molecular formula is C19H20N4O3. The number of hydrogen-bond donors (Lipinski definition) is 2. The van der Waals surface area contributed by atoms with Gasteiger partial charge in [0.25, 0.3) is 5.91 Å². The minimum atomic E-state index is -0.519. The minimum Gasteiger partial charge on any atom is -0.497 e. The number of rotatable bonds is 6. The van der Waals surface area contributed by atoms with Crippen molar-refractivity contribution in [2.75, 3.05) is 13.7 Å². The summed E-state index contributed by atoms with van der Waals surface area (Å²) in [7, 11) is 1.61. The zero-order chi connectivity index (χ0) is 18.3. The van der Waals surface area contributed by atoms with Gasteiger partial charge in [0.1, 0.15) is 29.0 Å². The molecule has 1 aromatic carbocycles. The Kier molecular flexibility index (Phi) is 3.99. The average Bonchev–Trinajstić information content (AvgIpc) is 3.39. The number of benzene rings is 1. The lowest BCUT2D eigenvalue weighted by Gasteiger charge is -2.13. The van der Waals surface area contributed by atoms with Crippen molar-refractivity contribution in [1.29, 1.82) is 0 Å². The van der Waals surface area contributed by atoms with Crippen molar-refractivity contribution in [1.82, 2.24) is 15.0 Å². The van der Waals surface area contributed by atoms with E-state index in [9.17, 15) is 4.79 Å². The lowest BCUT2D eigenvalue weighted by atomic mass is 10.1. The Hall–Kier alpha value is -3.09. The molecule has 0 radical (unpaired) electrons. The second kappa shape index (κ2) is 6.33. The Morgan fingerprint density at radius 3 is 2.85 bits per heavy atom. The van der Waals surface area contributed by atoms with Crippen LogP contribution in [-0.4, -0.2) is 34.6 Å². The molecule has 0 saturated heterocycles. The van der Waals surface area contributed by atoms with Gasteiger partial charge in [0.15, 0.2) is 0 Å². The molecule has 2 aromatic heterocycles. The predicted molar refractivity (Wildman–Crippen MR) is 97.4 cm³/mol. The van der Waals surface area contributed by atoms with Gasteiger partial charge >= 0.3 is 0 Å². The van der Waals surface area contributed by atoms with E-state index < -0.39 is 5.91 Å². The van der Waals surface area contributed by atoms with Crippen LogP contribution < -0.4 is 15.2 Å². The monoisotopic (exact) mass is 352 g/mol. The largest absolute Gasteiger partial charge is 0.497 e. The Labute approximate surface area is 150 Å². The molecule has 4 rings (SSSR count). The van der Waals surface area contributed by atoms with Crippen molar-refractivity contribution in [3.05, 3.63) is 35.8 Å². The van der Waals surface area contributed by atoms with Crippen LogP contribution in [-0.2, 0) is 0 Å². The Bertz CT molecular complexity index is 992. The Morgan fingerprint density at radius 2 is 2.15 bits per heavy atom. The van der Waals surface area contributed by atoms with Crippen LogP contribution in [0.4, 0.5) is 0 Å². The first-order valence-electron chi connectivity index (χ1n) is 8.52. The van der Waals surface area contributed by atoms with Crippen molar-refractivity contribution in [3.63, 3.8) is 0 Å². The molecule has 3 aromatic rings. The molecule has 26 heavy (non-hydrogen) atoms. The number of ether oxygens (including phenoxy) is 2. The molecule has 1 amide bonds. The van der Waals surface area contributed by atoms with Gasteiger partial charge in [0.2, 0.25) is 0 Å². The molecule has 0 bridgehead atoms. The molecule has 1 fully saturated rings. The molecule has 1 aliphatic carbocycles. The van der Waals surface area contributed by atoms with E-state index in [2.05, 4.69) is 15.0 Å². The van der Waals surface area contributed by atoms with Gasteiger partial charge < -0.3 is 20.2 Å². The highest BCUT2D eigenvalue weighted by Crippen LogP contribution is 2.38. The van der Waals surface area contributed by atoms with Crippen LogP contribution in [0, 0.1) is 12.8 Å². The van der Waals surface area contributed by atoms with Crippen molar-refractivity contribution in [2.45, 2.75) is 19.8 Å². The number of carbonyl (C=O) groups excluding carboxylic acids is 1. The molecule has 7 nitrogen and oxygen atoms in total. The van der Waals surface area contributed by atoms with E-state index in [4.69, 9.17) is 15.2 Å². The summed E-state index contributed by atoms with van der Waals surface area (Å²) in [6.45, 7) is 2.48. The first-order valence-corrected chi connectivity index (χ1v) is 8.52. The second-order valence-corrected chi connectivity index (χ2v) is 6.55. The van der Waals surface area contributed by atoms with E-state index >= 15 is 0 Å². The number of methoxy groups -OCH3 is 1. The van der Waals surface area contributed by atoms with E-state index in [0.717, 1.165) is 11.3 Å². The molecule has 0 aliphatic heterocycles. The zero-order valence-electron chi connectivity index (χ0n) is 14.7. The van der Waals surface area contributed by atoms with Gasteiger partial charge in [-0.2, -0.15) is 0 Å². The van der Waals surface area contributed by atoms with Crippen LogP contribution in [0.2, 0.25) is 0 Å². The number of aryl methyl sites for hydroxylation is 1. The van der Waals surface area contributed by atoms with E-state index in [0.29, 0.717) is 46.3 Å². The van der Waals surface area contributed by atoms with Crippen LogP contribution in [0.5, 0.6) is 11.5 Å². The summed E-state index contributed by atoms with van der Waals surface area (Å²) in [4.78, 5) is 23.7. The van der Waals surface area contributed by atoms with Gasteiger partial charge in [-0.25, -0.2) is 9.97 Å². The fraction of sp³-hybridized carbons (Fsp3) is 0.316. The summed E-state index contributed by atoms with van der Waals surface area (Å²) < 4.78 is 11.4. The van der Waals surface area contributed by atoms with E-state index in [1.807, 2.05) is 18.2 Å². The van der Waals surface area contributed by atoms with Crippen LogP contribution in [0.15, 0.2) is 24.5 Å². The molecule has 3 N–H and O–H groups in total. The number of hydrogen-bond acceptors (Lipinski definition) is 5. The molecular weight excluding hydrogens is 332 g/mol. The zero-order valence-corrected chi connectivity index (χ0v) is 14.7. The lowest BCUT2D eigenvalue weighted by molar-refractivity contribution is 0.100. The van der Waals surface area contributed by atoms with Gasteiger partial charge in [0, 0.05) is 11.3 Å². The molecule has 0 unspecified atom stereocenters. The fourth-order valence-electron chi connectivity index (χ4n) is 3.07. The Balaban J connectivity index is 1.88. The predicted octanol–water partition coefficient (Wildman–Crippen LogP) is 2.83. The number of carbonyl (C=O) groups is 1. The highest BCUT2D eigenvalue weighted by molar-refractivity contribution is 6.08. The number of nitrogens with two attached hydrogens (primary N) is 1. The summed E-state index contributed by atoms with van der Waals surface area (Å²) in [5.74, 6) is 1.54. The standard InChI is InChI=1S/C19H20N4O3/c1-10-15(19(20)24)17-18(23-10)16(21-9-22-17)13-7-12(25-2)5-6-14(13)26-8-11-3-4-11/h5-7,9,11,23H,3-4,8H2,1-2H3,(H2,20,24). The third-order valence-electron chi connectivity index (χ3n) is 4.63. The van der Waals surface area contributed by atoms with Crippen molar-refractivity contribution in [2.24, 2.45) is 11.7 Å². The van der Waals surface area contributed by atoms with Gasteiger partial charge in [0.05, 0.1) is 24.8 Å². The number of aromatic nitrogens is 3. The van der Waals surface area contributed by atoms with Crippen molar-refractivity contribution < 1.29 is 14.3 Å². The highest BCUT2D eigenvalue weighted by Gasteiger charge is 2.24. The molecule has 0 spiro atoms. The number of H-pyrrole nitrogens is 1. The van der Waals surface area contributed by atoms with Crippen LogP contribution in [0.25, 0.3) is 22.3 Å². The summed E-state index contributed by atoms with van der Waals surface area (Å²) in [5.41, 5.74) is 9.16. The molecule has 7 heteroatoms. The summed E-state index contributed by atoms with van der Waals surface area (Å²) in [6.07, 6.45) is 3.85. The third kappa shape index (κ3) is 2.85. The first-order chi connectivity index (χ1) is 12.6. The van der Waals surface area contributed by atoms with Crippen LogP contribution >= 0.6 is 0 Å². The van der Waals surface area contributed by atoms with Gasteiger partial charge in [-0.1, -0.05) is 0 Å². The maximum atomic E-state index is 11.8. The summed E-state index contributed by atoms with van der Waals surface area (Å²) in [5, 5.41) is 0. The van der Waals surface area contributed by atoms with Gasteiger partial charge in [-0.3, -0.25) is 4.79 Å². The van der Waals surface area contributed by atoms with Gasteiger partial charge in [-0.15, -0.1) is 0 Å². The van der Waals surface area contributed by atoms with Gasteiger partial charge in [-0.05, 0) is 43.9 Å². The molecule has 1 saturated carbocycles. The average molecular weight is 352 g/mol. The number of amides is 1. The van der Waals surface area contributed by atoms with Crippen molar-refractivity contribution in [3.8, 4) is 22.8 Å². The Morgan fingerprint density at radius 1 is 1.35 bits per heavy atom. The molecule has 134 valence electrons. The number of aromatic amines is 1. The van der Waals surface area contributed by atoms with Crippen LogP contribution in [0.3, 0.4) is 0 Å². The summed E-state index contributed by atoms with van der Waals surface area (Å²) >= 11 is 0. The third-order valence-corrected chi connectivity index (χ3v) is 4.63. The molecule has 1 aliphatic rings. The minimum absolute atomic E-state index is 0.381. The number of nitrogens with zero attached hydrogens (tertiary/aromatic N) is 2. The first kappa shape index (κ1) is 16.4. The van der Waals surface area contributed by atoms with Crippen molar-refractivity contribution >= 4 is 16.9 Å². The number of fused-ring (bicyclic) bond motifs is 1. The molecule has 0 atom stereocenters. The second-order valence-electron chi connectivity index (χ2n) is 6.55. The highest BCUT2D eigenvalue weighted by atomic mass is 16.5. The SMILES string of the molecule is COc1ccc(OCC2CC2)c(-c2ncnc3c(C(N)=O)c(C)[nH]c23)c1. The lowest BCUT2D eigenvalue weighted by Crippen LogP contribution is -2.12. The normalized spacial score (nSPS) is 13.8. The fourth-order valence-corrected chi connectivity index (χ4v) is 3.07. The summed E-state index contributed by atoms with van der Waals surface area (Å²) in [6, 6.07) is 5.62. The van der Waals surface area contributed by atoms with E-state index in [1.54, 1.807) is 14.0 Å². The number of primary amides is 1. The quantitative estimate of drug-likeness (QED) is 0.710. The number of nitrogens with one attached hydrogen (secondary N) is 1.